The van der Waals surface area contributed by atoms with Crippen LogP contribution in [-0.4, -0.2) is 16.1 Å². The summed E-state index contributed by atoms with van der Waals surface area (Å²) >= 11 is 1.88. The standard InChI is InChI=1S/C63H41N3S/c1-38-22-31-56(64-63(48-26-23-39-12-2-3-14-41(39)32-48)65-60(38)47-27-28-50-46(33-47)25-24-40-13-8-9-19-49(40)50)53-30-29-52-51-20-10-11-21-59(51)67-62(52)61(53)66-57-36-44-17-6-4-15-42(44)34-54(57)55-35-43-16-5-7-18-45(43)37-58(55)66/h2-21,23-30,32-37H,22,31H2,1H3/b60-38-,64-56+,65-63-. The molecule has 11 aromatic carbocycles. The van der Waals surface area contributed by atoms with E-state index in [0.29, 0.717) is 0 Å². The largest absolute Gasteiger partial charge is 0.307 e. The molecule has 0 N–H and O–H groups in total. The van der Waals surface area contributed by atoms with Crippen molar-refractivity contribution in [1.29, 1.82) is 0 Å². The van der Waals surface area contributed by atoms with Gasteiger partial charge in [-0.25, -0.2) is 9.98 Å². The van der Waals surface area contributed by atoms with Gasteiger partial charge in [0.1, 0.15) is 0 Å². The minimum absolute atomic E-state index is 0.718. The Morgan fingerprint density at radius 2 is 0.940 bits per heavy atom. The summed E-state index contributed by atoms with van der Waals surface area (Å²) in [7, 11) is 0. The van der Waals surface area contributed by atoms with Gasteiger partial charge in [-0.1, -0.05) is 164 Å². The first-order valence-corrected chi connectivity index (χ1v) is 24.0. The lowest BCUT2D eigenvalue weighted by atomic mass is 9.94. The molecule has 2 aromatic heterocycles. The third-order valence-corrected chi connectivity index (χ3v) is 15.4. The van der Waals surface area contributed by atoms with E-state index in [-0.39, 0.29) is 0 Å². The molecule has 4 heteroatoms. The second-order valence-electron chi connectivity index (χ2n) is 18.1. The van der Waals surface area contributed by atoms with Crippen LogP contribution >= 0.6 is 11.3 Å². The van der Waals surface area contributed by atoms with Crippen LogP contribution in [0.1, 0.15) is 36.5 Å². The third-order valence-electron chi connectivity index (χ3n) is 14.2. The molecule has 3 heterocycles. The van der Waals surface area contributed by atoms with E-state index in [9.17, 15) is 0 Å². The number of allylic oxidation sites excluding steroid dienone is 1. The summed E-state index contributed by atoms with van der Waals surface area (Å²) in [6.07, 6.45) is 1.55. The van der Waals surface area contributed by atoms with Crippen LogP contribution in [-0.2, 0) is 0 Å². The van der Waals surface area contributed by atoms with Gasteiger partial charge in [-0.15, -0.1) is 11.3 Å². The first-order chi connectivity index (χ1) is 33.1. The molecule has 314 valence electrons. The van der Waals surface area contributed by atoms with Crippen molar-refractivity contribution in [2.24, 2.45) is 9.98 Å². The van der Waals surface area contributed by atoms with Gasteiger partial charge in [0.05, 0.1) is 32.8 Å². The van der Waals surface area contributed by atoms with Crippen molar-refractivity contribution in [2.75, 3.05) is 0 Å². The first-order valence-electron chi connectivity index (χ1n) is 23.2. The van der Waals surface area contributed by atoms with Crippen LogP contribution in [0.25, 0.3) is 107 Å². The van der Waals surface area contributed by atoms with Gasteiger partial charge < -0.3 is 4.57 Å². The van der Waals surface area contributed by atoms with Crippen molar-refractivity contribution in [2.45, 2.75) is 19.8 Å². The maximum absolute atomic E-state index is 5.81. The van der Waals surface area contributed by atoms with E-state index in [4.69, 9.17) is 9.98 Å². The summed E-state index contributed by atoms with van der Waals surface area (Å²) in [6, 6.07) is 75.9. The quantitative estimate of drug-likeness (QED) is 0.158. The number of rotatable bonds is 4. The Morgan fingerprint density at radius 1 is 0.403 bits per heavy atom. The number of thiophene rings is 1. The van der Waals surface area contributed by atoms with E-state index in [1.807, 2.05) is 11.3 Å². The number of aromatic nitrogens is 1. The molecule has 0 amide bonds. The van der Waals surface area contributed by atoms with Crippen LogP contribution in [0.2, 0.25) is 0 Å². The highest BCUT2D eigenvalue weighted by atomic mass is 32.1. The van der Waals surface area contributed by atoms with Crippen molar-refractivity contribution in [3.05, 3.63) is 229 Å². The number of fused-ring (bicyclic) bond motifs is 12. The zero-order valence-electron chi connectivity index (χ0n) is 36.8. The lowest BCUT2D eigenvalue weighted by Gasteiger charge is -2.20. The predicted molar refractivity (Wildman–Crippen MR) is 289 cm³/mol. The summed E-state index contributed by atoms with van der Waals surface area (Å²) in [6.45, 7) is 2.27. The van der Waals surface area contributed by atoms with Gasteiger partial charge in [-0.2, -0.15) is 0 Å². The van der Waals surface area contributed by atoms with E-state index < -0.39 is 0 Å². The van der Waals surface area contributed by atoms with Crippen LogP contribution in [0.5, 0.6) is 0 Å². The van der Waals surface area contributed by atoms with Crippen molar-refractivity contribution in [3.63, 3.8) is 0 Å². The third kappa shape index (κ3) is 6.10. The molecule has 67 heavy (non-hydrogen) atoms. The van der Waals surface area contributed by atoms with E-state index in [0.717, 1.165) is 46.8 Å². The Labute approximate surface area is 390 Å². The molecule has 3 nitrogen and oxygen atoms in total. The Hall–Kier alpha value is -8.18. The minimum Gasteiger partial charge on any atom is -0.307 e. The molecule has 0 aliphatic carbocycles. The van der Waals surface area contributed by atoms with Crippen LogP contribution in [0.4, 0.5) is 0 Å². The minimum atomic E-state index is 0.718. The Bertz CT molecular complexity index is 4260. The Kier molecular flexibility index (Phi) is 8.49. The van der Waals surface area contributed by atoms with Crippen LogP contribution in [0, 0.1) is 0 Å². The van der Waals surface area contributed by atoms with Crippen molar-refractivity contribution < 1.29 is 0 Å². The molecule has 0 saturated carbocycles. The number of aliphatic imine (C=N–C) groups is 2. The number of benzene rings is 11. The molecule has 0 saturated heterocycles. The smallest absolute Gasteiger partial charge is 0.160 e. The molecule has 1 aliphatic rings. The topological polar surface area (TPSA) is 29.6 Å². The maximum atomic E-state index is 5.81. The number of amidine groups is 1. The van der Waals surface area contributed by atoms with Crippen molar-refractivity contribution >= 4 is 124 Å². The molecule has 14 rings (SSSR count). The predicted octanol–water partition coefficient (Wildman–Crippen LogP) is 17.4. The highest BCUT2D eigenvalue weighted by molar-refractivity contribution is 7.26. The fraction of sp³-hybridized carbons (Fsp3) is 0.0476. The fourth-order valence-electron chi connectivity index (χ4n) is 10.8. The molecule has 0 atom stereocenters. The maximum Gasteiger partial charge on any atom is 0.160 e. The van der Waals surface area contributed by atoms with E-state index in [2.05, 4.69) is 218 Å². The number of hydrogen-bond donors (Lipinski definition) is 0. The Balaban J connectivity index is 1.06. The SMILES string of the molecule is C/C1=C(c2ccc3c(ccc4ccccc43)c2)/N=C(c2ccc3ccccc3c2)\N=C(\c2ccc3c(sc4ccccc43)c2-n2c3cc4ccccc4cc3c3cc4ccccc4cc32)CC1. The van der Waals surface area contributed by atoms with Crippen LogP contribution < -0.4 is 0 Å². The van der Waals surface area contributed by atoms with Gasteiger partial charge >= 0.3 is 0 Å². The zero-order chi connectivity index (χ0) is 44.2. The Morgan fingerprint density at radius 3 is 1.67 bits per heavy atom. The number of nitrogens with zero attached hydrogens (tertiary/aromatic N) is 3. The van der Waals surface area contributed by atoms with Crippen molar-refractivity contribution in [1.82, 2.24) is 4.57 Å². The lowest BCUT2D eigenvalue weighted by Crippen LogP contribution is -2.13. The van der Waals surface area contributed by atoms with E-state index >= 15 is 0 Å². The summed E-state index contributed by atoms with van der Waals surface area (Å²) in [5, 5.41) is 17.3. The molecule has 1 aliphatic heterocycles. The normalized spacial score (nSPS) is 16.4. The molecular weight excluding hydrogens is 831 g/mol. The summed E-state index contributed by atoms with van der Waals surface area (Å²) in [5.74, 6) is 0.718. The zero-order valence-corrected chi connectivity index (χ0v) is 37.6. The van der Waals surface area contributed by atoms with E-state index in [1.54, 1.807) is 0 Å². The number of hydrogen-bond acceptors (Lipinski definition) is 3. The first kappa shape index (κ1) is 38.1. The highest BCUT2D eigenvalue weighted by Crippen LogP contribution is 2.45. The molecule has 13 aromatic rings. The molecule has 0 bridgehead atoms. The summed E-state index contributed by atoms with van der Waals surface area (Å²) in [4.78, 5) is 11.5. The van der Waals surface area contributed by atoms with Gasteiger partial charge in [0.15, 0.2) is 5.84 Å². The molecule has 0 unspecified atom stereocenters. The van der Waals surface area contributed by atoms with Gasteiger partial charge in [0.2, 0.25) is 0 Å². The van der Waals surface area contributed by atoms with Gasteiger partial charge in [0, 0.05) is 42.9 Å². The van der Waals surface area contributed by atoms with Crippen molar-refractivity contribution in [3.8, 4) is 5.69 Å². The molecule has 0 fully saturated rings. The van der Waals surface area contributed by atoms with Crippen LogP contribution in [0.15, 0.2) is 222 Å². The second kappa shape index (κ2) is 14.9. The van der Waals surface area contributed by atoms with Gasteiger partial charge in [-0.05, 0) is 122 Å². The highest BCUT2D eigenvalue weighted by Gasteiger charge is 2.25. The monoisotopic (exact) mass is 871 g/mol. The molecule has 0 radical (unpaired) electrons. The summed E-state index contributed by atoms with van der Waals surface area (Å²) in [5.41, 5.74) is 10.0. The average molecular weight is 872 g/mol. The van der Waals surface area contributed by atoms with Crippen LogP contribution in [0.3, 0.4) is 0 Å². The summed E-state index contributed by atoms with van der Waals surface area (Å²) < 4.78 is 5.10. The van der Waals surface area contributed by atoms with E-state index in [1.165, 1.54) is 107 Å². The average Bonchev–Trinajstić information content (AvgIpc) is 3.90. The van der Waals surface area contributed by atoms with Gasteiger partial charge in [-0.3, -0.25) is 0 Å². The second-order valence-corrected chi connectivity index (χ2v) is 19.2. The molecule has 0 spiro atoms. The lowest BCUT2D eigenvalue weighted by molar-refractivity contribution is 1.00. The fourth-order valence-corrected chi connectivity index (χ4v) is 12.1. The van der Waals surface area contributed by atoms with Gasteiger partial charge in [0.25, 0.3) is 0 Å². The molecular formula is C63H41N3S.